The molecule has 1 aromatic rings. The molecule has 1 saturated heterocycles. The van der Waals surface area contributed by atoms with Gasteiger partial charge in [-0.15, -0.1) is 0 Å². The number of thiol groups is 1. The van der Waals surface area contributed by atoms with Gasteiger partial charge in [-0.05, 0) is 19.0 Å². The standard InChI is InChI=1S/C9H13N3O5S/c10-5-1-2-12(9(15)11-5)8-7(17-18)6(14)4(3-13)16-8/h1-2,4,6-8,13-14,18H,3H2,(H2,10,11,15)/t4-,6-,7-,8-/m1/s1. The Balaban J connectivity index is 2.35. The number of aromatic nitrogens is 2. The minimum Gasteiger partial charge on any atom is -0.394 e. The van der Waals surface area contributed by atoms with Gasteiger partial charge >= 0.3 is 5.69 Å². The van der Waals surface area contributed by atoms with Crippen LogP contribution in [0.1, 0.15) is 6.23 Å². The van der Waals surface area contributed by atoms with Crippen LogP contribution in [0.25, 0.3) is 0 Å². The quantitative estimate of drug-likeness (QED) is 0.383. The van der Waals surface area contributed by atoms with Gasteiger partial charge in [-0.3, -0.25) is 4.57 Å². The molecule has 1 aromatic heterocycles. The Labute approximate surface area is 108 Å². The average molecular weight is 275 g/mol. The highest BCUT2D eigenvalue weighted by molar-refractivity contribution is 7.75. The van der Waals surface area contributed by atoms with Crippen molar-refractivity contribution in [2.45, 2.75) is 24.5 Å². The van der Waals surface area contributed by atoms with Crippen molar-refractivity contribution in [3.8, 4) is 0 Å². The van der Waals surface area contributed by atoms with Gasteiger partial charge in [-0.2, -0.15) is 4.98 Å². The topological polar surface area (TPSA) is 120 Å². The van der Waals surface area contributed by atoms with Gasteiger partial charge in [0.2, 0.25) is 0 Å². The summed E-state index contributed by atoms with van der Waals surface area (Å²) in [4.78, 5) is 15.2. The summed E-state index contributed by atoms with van der Waals surface area (Å²) in [6.07, 6.45) is -2.39. The summed E-state index contributed by atoms with van der Waals surface area (Å²) >= 11 is 3.64. The van der Waals surface area contributed by atoms with E-state index in [0.29, 0.717) is 0 Å². The molecule has 2 rings (SSSR count). The Morgan fingerprint density at radius 3 is 2.94 bits per heavy atom. The van der Waals surface area contributed by atoms with Crippen molar-refractivity contribution in [1.29, 1.82) is 0 Å². The summed E-state index contributed by atoms with van der Waals surface area (Å²) in [7, 11) is 0. The Bertz CT molecular complexity index is 482. The van der Waals surface area contributed by atoms with E-state index in [1.54, 1.807) is 0 Å². The average Bonchev–Trinajstić information content (AvgIpc) is 2.65. The summed E-state index contributed by atoms with van der Waals surface area (Å²) in [5.41, 5.74) is 4.74. The molecular formula is C9H13N3O5S. The third kappa shape index (κ3) is 2.22. The van der Waals surface area contributed by atoms with Gasteiger partial charge in [0, 0.05) is 6.20 Å². The third-order valence-corrected chi connectivity index (χ3v) is 2.98. The van der Waals surface area contributed by atoms with Crippen LogP contribution in [-0.2, 0) is 8.92 Å². The van der Waals surface area contributed by atoms with E-state index in [2.05, 4.69) is 17.9 Å². The van der Waals surface area contributed by atoms with Gasteiger partial charge < -0.3 is 24.9 Å². The lowest BCUT2D eigenvalue weighted by molar-refractivity contribution is -0.0509. The second-order valence-electron chi connectivity index (χ2n) is 3.85. The van der Waals surface area contributed by atoms with Crippen LogP contribution in [0.4, 0.5) is 5.82 Å². The van der Waals surface area contributed by atoms with Gasteiger partial charge in [0.1, 0.15) is 24.1 Å². The first kappa shape index (κ1) is 13.3. The van der Waals surface area contributed by atoms with Crippen molar-refractivity contribution < 1.29 is 19.1 Å². The molecule has 18 heavy (non-hydrogen) atoms. The van der Waals surface area contributed by atoms with E-state index in [1.807, 2.05) is 0 Å². The molecule has 4 atom stereocenters. The molecule has 1 fully saturated rings. The maximum absolute atomic E-state index is 11.7. The van der Waals surface area contributed by atoms with Gasteiger partial charge in [0.15, 0.2) is 6.23 Å². The first-order valence-corrected chi connectivity index (χ1v) is 5.54. The highest BCUT2D eigenvalue weighted by Gasteiger charge is 2.45. The number of rotatable bonds is 3. The fraction of sp³-hybridized carbons (Fsp3) is 0.556. The minimum atomic E-state index is -1.10. The summed E-state index contributed by atoms with van der Waals surface area (Å²) in [6, 6.07) is 1.42. The van der Waals surface area contributed by atoms with Crippen LogP contribution in [0.3, 0.4) is 0 Å². The maximum Gasteiger partial charge on any atom is 0.351 e. The van der Waals surface area contributed by atoms with E-state index >= 15 is 0 Å². The number of nitrogen functional groups attached to an aromatic ring is 1. The van der Waals surface area contributed by atoms with Crippen molar-refractivity contribution in [3.63, 3.8) is 0 Å². The Morgan fingerprint density at radius 2 is 2.39 bits per heavy atom. The lowest BCUT2D eigenvalue weighted by Crippen LogP contribution is -2.36. The predicted octanol–water partition coefficient (Wildman–Crippen LogP) is -1.69. The van der Waals surface area contributed by atoms with Gasteiger partial charge in [-0.25, -0.2) is 4.79 Å². The molecule has 0 radical (unpaired) electrons. The van der Waals surface area contributed by atoms with Crippen molar-refractivity contribution in [2.75, 3.05) is 12.3 Å². The van der Waals surface area contributed by atoms with Crippen molar-refractivity contribution in [3.05, 3.63) is 22.7 Å². The summed E-state index contributed by atoms with van der Waals surface area (Å²) in [6.45, 7) is -0.400. The van der Waals surface area contributed by atoms with E-state index in [9.17, 15) is 9.90 Å². The molecular weight excluding hydrogens is 262 g/mol. The van der Waals surface area contributed by atoms with Crippen LogP contribution >= 0.6 is 12.9 Å². The lowest BCUT2D eigenvalue weighted by Gasteiger charge is -2.19. The summed E-state index contributed by atoms with van der Waals surface area (Å²) in [5.74, 6) is 0.0804. The predicted molar refractivity (Wildman–Crippen MR) is 63.8 cm³/mol. The number of anilines is 1. The van der Waals surface area contributed by atoms with E-state index in [4.69, 9.17) is 19.8 Å². The minimum absolute atomic E-state index is 0.0804. The smallest absolute Gasteiger partial charge is 0.351 e. The third-order valence-electron chi connectivity index (χ3n) is 2.74. The SMILES string of the molecule is Nc1ccn([C@@H]2O[C@H](CO)[C@@H](O)[C@H]2OS)c(=O)n1. The molecule has 0 spiro atoms. The highest BCUT2D eigenvalue weighted by atomic mass is 32.1. The molecule has 0 unspecified atom stereocenters. The van der Waals surface area contributed by atoms with Crippen molar-refractivity contribution >= 4 is 18.7 Å². The Hall–Kier alpha value is -1.13. The zero-order valence-corrected chi connectivity index (χ0v) is 10.1. The normalized spacial score (nSPS) is 31.7. The van der Waals surface area contributed by atoms with E-state index < -0.39 is 36.8 Å². The van der Waals surface area contributed by atoms with Crippen molar-refractivity contribution in [1.82, 2.24) is 9.55 Å². The molecule has 2 heterocycles. The molecule has 4 N–H and O–H groups in total. The second kappa shape index (κ2) is 5.24. The molecule has 1 aliphatic heterocycles. The van der Waals surface area contributed by atoms with E-state index in [-0.39, 0.29) is 5.82 Å². The van der Waals surface area contributed by atoms with Crippen LogP contribution in [0.15, 0.2) is 17.1 Å². The van der Waals surface area contributed by atoms with Crippen LogP contribution in [0.2, 0.25) is 0 Å². The number of nitrogens with two attached hydrogens (primary N) is 1. The van der Waals surface area contributed by atoms with E-state index in [0.717, 1.165) is 4.57 Å². The van der Waals surface area contributed by atoms with Crippen LogP contribution in [0.5, 0.6) is 0 Å². The molecule has 0 saturated carbocycles. The van der Waals surface area contributed by atoms with Crippen LogP contribution in [-0.4, -0.2) is 44.7 Å². The summed E-state index contributed by atoms with van der Waals surface area (Å²) in [5, 5.41) is 18.8. The fourth-order valence-electron chi connectivity index (χ4n) is 1.83. The first-order chi connectivity index (χ1) is 8.58. The molecule has 1 aliphatic rings. The number of aliphatic hydroxyl groups excluding tert-OH is 2. The molecule has 0 bridgehead atoms. The fourth-order valence-corrected chi connectivity index (χ4v) is 2.05. The van der Waals surface area contributed by atoms with Crippen LogP contribution in [0, 0.1) is 0 Å². The molecule has 0 aliphatic carbocycles. The molecule has 9 heteroatoms. The highest BCUT2D eigenvalue weighted by Crippen LogP contribution is 2.31. The Morgan fingerprint density at radius 1 is 1.67 bits per heavy atom. The van der Waals surface area contributed by atoms with Crippen molar-refractivity contribution in [2.24, 2.45) is 0 Å². The number of hydrogen-bond donors (Lipinski definition) is 4. The molecule has 0 amide bonds. The number of ether oxygens (including phenoxy) is 1. The first-order valence-electron chi connectivity index (χ1n) is 5.17. The molecule has 100 valence electrons. The van der Waals surface area contributed by atoms with Gasteiger partial charge in [0.25, 0.3) is 0 Å². The second-order valence-corrected chi connectivity index (χ2v) is 4.06. The van der Waals surface area contributed by atoms with Crippen LogP contribution < -0.4 is 11.4 Å². The monoisotopic (exact) mass is 275 g/mol. The van der Waals surface area contributed by atoms with E-state index in [1.165, 1.54) is 12.3 Å². The lowest BCUT2D eigenvalue weighted by atomic mass is 10.1. The number of aliphatic hydroxyl groups is 2. The zero-order chi connectivity index (χ0) is 13.3. The number of nitrogens with zero attached hydrogens (tertiary/aromatic N) is 2. The van der Waals surface area contributed by atoms with Gasteiger partial charge in [-0.1, -0.05) is 0 Å². The van der Waals surface area contributed by atoms with Gasteiger partial charge in [0.05, 0.1) is 6.61 Å². The largest absolute Gasteiger partial charge is 0.394 e. The molecule has 0 aromatic carbocycles. The zero-order valence-electron chi connectivity index (χ0n) is 9.21. The Kier molecular flexibility index (Phi) is 3.88. The molecule has 8 nitrogen and oxygen atoms in total. The summed E-state index contributed by atoms with van der Waals surface area (Å²) < 4.78 is 11.3. The maximum atomic E-state index is 11.7. The number of hydrogen-bond acceptors (Lipinski definition) is 8.